The minimum atomic E-state index is -1.07. The summed E-state index contributed by atoms with van der Waals surface area (Å²) in [4.78, 5) is 30.0. The van der Waals surface area contributed by atoms with Crippen LogP contribution in [-0.4, -0.2) is 35.2 Å². The first-order chi connectivity index (χ1) is 17.7. The molecule has 4 rings (SSSR count). The van der Waals surface area contributed by atoms with E-state index in [2.05, 4.69) is 30.4 Å². The third kappa shape index (κ3) is 6.07. The van der Waals surface area contributed by atoms with Crippen molar-refractivity contribution in [1.82, 2.24) is 4.98 Å². The summed E-state index contributed by atoms with van der Waals surface area (Å²) in [5.41, 5.74) is 5.39. The van der Waals surface area contributed by atoms with E-state index >= 15 is 0 Å². The molecular formula is C28H28Cl2N2O4S. The number of halogens is 2. The zero-order valence-electron chi connectivity index (χ0n) is 20.9. The number of hydrogen-bond acceptors (Lipinski definition) is 5. The van der Waals surface area contributed by atoms with Gasteiger partial charge in [-0.1, -0.05) is 48.3 Å². The minimum absolute atomic E-state index is 0.0849. The van der Waals surface area contributed by atoms with E-state index in [4.69, 9.17) is 38.0 Å². The quantitative estimate of drug-likeness (QED) is 0.268. The second-order valence-corrected chi connectivity index (χ2v) is 10.9. The summed E-state index contributed by atoms with van der Waals surface area (Å²) in [6.45, 7) is 3.59. The lowest BCUT2D eigenvalue weighted by atomic mass is 9.87. The number of amides is 1. The number of nitrogens with zero attached hydrogens (tertiary/aromatic N) is 1. The molecule has 6 nitrogen and oxygen atoms in total. The smallest absolute Gasteiger partial charge is 0.331 e. The van der Waals surface area contributed by atoms with Crippen LogP contribution in [0.2, 0.25) is 10.0 Å². The Hall–Kier alpha value is -2.71. The fourth-order valence-electron chi connectivity index (χ4n) is 4.52. The minimum Gasteiger partial charge on any atom is -0.478 e. The topological polar surface area (TPSA) is 88.5 Å². The van der Waals surface area contributed by atoms with Crippen molar-refractivity contribution in [2.75, 3.05) is 12.4 Å². The number of hydrogen-bond donors (Lipinski definition) is 2. The molecule has 3 aromatic rings. The summed E-state index contributed by atoms with van der Waals surface area (Å²) in [6.07, 6.45) is 6.37. The lowest BCUT2D eigenvalue weighted by Crippen LogP contribution is -2.12. The highest BCUT2D eigenvalue weighted by Gasteiger charge is 2.24. The van der Waals surface area contributed by atoms with Crippen molar-refractivity contribution in [2.24, 2.45) is 0 Å². The van der Waals surface area contributed by atoms with Crippen LogP contribution < -0.4 is 5.32 Å². The van der Waals surface area contributed by atoms with Crippen molar-refractivity contribution in [3.63, 3.8) is 0 Å². The van der Waals surface area contributed by atoms with Gasteiger partial charge < -0.3 is 9.84 Å². The number of fused-ring (bicyclic) bond motifs is 3. The Balaban J connectivity index is 1.55. The largest absolute Gasteiger partial charge is 0.478 e. The van der Waals surface area contributed by atoms with E-state index in [9.17, 15) is 9.59 Å². The van der Waals surface area contributed by atoms with Crippen LogP contribution in [0.25, 0.3) is 17.3 Å². The SMILES string of the molecule is CCC(CCc1cccc2c1CCc1sc(NC(=O)c3cc(Cl)c(/C=C(\C)C(=O)O)c(Cl)c3)nc1-2)OC. The molecular weight excluding hydrogens is 531 g/mol. The molecule has 37 heavy (non-hydrogen) atoms. The van der Waals surface area contributed by atoms with Gasteiger partial charge in [-0.05, 0) is 68.4 Å². The number of aryl methyl sites for hydroxylation is 2. The van der Waals surface area contributed by atoms with E-state index in [1.54, 1.807) is 7.11 Å². The molecule has 2 N–H and O–H groups in total. The van der Waals surface area contributed by atoms with Crippen molar-refractivity contribution in [2.45, 2.75) is 52.1 Å². The molecule has 1 atom stereocenters. The van der Waals surface area contributed by atoms with Crippen molar-refractivity contribution in [3.05, 3.63) is 73.1 Å². The average molecular weight is 560 g/mol. The molecule has 0 aliphatic heterocycles. The number of thiazole rings is 1. The molecule has 9 heteroatoms. The predicted octanol–water partition coefficient (Wildman–Crippen LogP) is 7.31. The van der Waals surface area contributed by atoms with Crippen LogP contribution in [0.3, 0.4) is 0 Å². The molecule has 1 amide bonds. The van der Waals surface area contributed by atoms with Gasteiger partial charge in [0, 0.05) is 34.3 Å². The molecule has 0 saturated carbocycles. The third-order valence-electron chi connectivity index (χ3n) is 6.61. The molecule has 0 spiro atoms. The highest BCUT2D eigenvalue weighted by atomic mass is 35.5. The standard InChI is InChI=1S/C28H28Cl2N2O4S/c1-4-18(36-3)9-8-16-6-5-7-20-19(16)10-11-24-25(20)31-28(37-24)32-26(33)17-13-22(29)21(23(30)14-17)12-15(2)27(34)35/h5-7,12-14,18H,4,8-11H2,1-3H3,(H,34,35)(H,31,32,33)/b15-12+. The van der Waals surface area contributed by atoms with Crippen LogP contribution in [0.4, 0.5) is 5.13 Å². The number of nitrogens with one attached hydrogen (secondary N) is 1. The first-order valence-corrected chi connectivity index (χ1v) is 13.6. The number of carboxylic acid groups (broad SMARTS) is 1. The maximum absolute atomic E-state index is 13.0. The molecule has 0 saturated heterocycles. The molecule has 1 aliphatic rings. The van der Waals surface area contributed by atoms with E-state index < -0.39 is 5.97 Å². The van der Waals surface area contributed by atoms with Crippen LogP contribution in [0, 0.1) is 0 Å². The third-order valence-corrected chi connectivity index (χ3v) is 8.27. The van der Waals surface area contributed by atoms with Crippen LogP contribution in [-0.2, 0) is 28.8 Å². The van der Waals surface area contributed by atoms with Crippen molar-refractivity contribution >= 4 is 57.6 Å². The highest BCUT2D eigenvalue weighted by Crippen LogP contribution is 2.40. The van der Waals surface area contributed by atoms with Gasteiger partial charge in [0.05, 0.1) is 21.8 Å². The first kappa shape index (κ1) is 27.3. The molecule has 1 heterocycles. The Morgan fingerprint density at radius 1 is 1.24 bits per heavy atom. The molecule has 1 aliphatic carbocycles. The Morgan fingerprint density at radius 3 is 2.62 bits per heavy atom. The maximum Gasteiger partial charge on any atom is 0.331 e. The summed E-state index contributed by atoms with van der Waals surface area (Å²) in [5, 5.41) is 12.9. The summed E-state index contributed by atoms with van der Waals surface area (Å²) in [5.74, 6) is -1.46. The number of rotatable bonds is 9. The molecule has 0 fully saturated rings. The predicted molar refractivity (Wildman–Crippen MR) is 150 cm³/mol. The van der Waals surface area contributed by atoms with E-state index in [-0.39, 0.29) is 33.2 Å². The molecule has 1 aromatic heterocycles. The highest BCUT2D eigenvalue weighted by molar-refractivity contribution is 7.16. The first-order valence-electron chi connectivity index (χ1n) is 12.1. The average Bonchev–Trinajstić information content (AvgIpc) is 3.29. The van der Waals surface area contributed by atoms with Crippen molar-refractivity contribution in [3.8, 4) is 11.3 Å². The van der Waals surface area contributed by atoms with E-state index in [1.807, 2.05) is 0 Å². The van der Waals surface area contributed by atoms with Crippen LogP contribution in [0.15, 0.2) is 35.9 Å². The number of carboxylic acids is 1. The number of carbonyl (C=O) groups excluding carboxylic acids is 1. The Labute approximate surface area is 230 Å². The number of methoxy groups -OCH3 is 1. The summed E-state index contributed by atoms with van der Waals surface area (Å²) in [7, 11) is 1.76. The van der Waals surface area contributed by atoms with Gasteiger partial charge in [-0.25, -0.2) is 9.78 Å². The fraction of sp³-hybridized carbons (Fsp3) is 0.321. The Bertz CT molecular complexity index is 1360. The zero-order chi connectivity index (χ0) is 26.7. The molecule has 1 unspecified atom stereocenters. The van der Waals surface area contributed by atoms with Crippen molar-refractivity contribution in [1.29, 1.82) is 0 Å². The van der Waals surface area contributed by atoms with Gasteiger partial charge in [0.25, 0.3) is 5.91 Å². The number of aliphatic carboxylic acids is 1. The number of ether oxygens (including phenoxy) is 1. The summed E-state index contributed by atoms with van der Waals surface area (Å²) >= 11 is 14.1. The van der Waals surface area contributed by atoms with Gasteiger partial charge in [-0.2, -0.15) is 0 Å². The van der Waals surface area contributed by atoms with E-state index in [0.717, 1.165) is 48.2 Å². The molecule has 0 radical (unpaired) electrons. The number of carbonyl (C=O) groups is 2. The van der Waals surface area contributed by atoms with Crippen molar-refractivity contribution < 1.29 is 19.4 Å². The van der Waals surface area contributed by atoms with Gasteiger partial charge in [0.15, 0.2) is 5.13 Å². The van der Waals surface area contributed by atoms with Crippen LogP contribution >= 0.6 is 34.5 Å². The Morgan fingerprint density at radius 2 is 1.97 bits per heavy atom. The second-order valence-electron chi connectivity index (χ2n) is 8.98. The van der Waals surface area contributed by atoms with Gasteiger partial charge in [-0.15, -0.1) is 11.3 Å². The van der Waals surface area contributed by atoms with Gasteiger partial charge in [-0.3, -0.25) is 10.1 Å². The fourth-order valence-corrected chi connectivity index (χ4v) is 6.08. The normalized spacial score (nSPS) is 13.6. The maximum atomic E-state index is 13.0. The number of aromatic nitrogens is 1. The van der Waals surface area contributed by atoms with Gasteiger partial charge in [0.2, 0.25) is 0 Å². The van der Waals surface area contributed by atoms with Gasteiger partial charge in [0.1, 0.15) is 0 Å². The number of anilines is 1. The van der Waals surface area contributed by atoms with Crippen LogP contribution in [0.5, 0.6) is 0 Å². The van der Waals surface area contributed by atoms with E-state index in [0.29, 0.717) is 10.7 Å². The molecule has 0 bridgehead atoms. The Kier molecular flexibility index (Phi) is 8.70. The lowest BCUT2D eigenvalue weighted by molar-refractivity contribution is -0.132. The summed E-state index contributed by atoms with van der Waals surface area (Å²) < 4.78 is 5.55. The monoisotopic (exact) mass is 558 g/mol. The lowest BCUT2D eigenvalue weighted by Gasteiger charge is -2.20. The van der Waals surface area contributed by atoms with Gasteiger partial charge >= 0.3 is 5.97 Å². The number of benzene rings is 2. The summed E-state index contributed by atoms with van der Waals surface area (Å²) in [6, 6.07) is 9.30. The molecule has 2 aromatic carbocycles. The van der Waals surface area contributed by atoms with E-state index in [1.165, 1.54) is 47.6 Å². The zero-order valence-corrected chi connectivity index (χ0v) is 23.2. The second kappa shape index (κ2) is 11.8. The molecule has 194 valence electrons. The van der Waals surface area contributed by atoms with Crippen LogP contribution in [0.1, 0.15) is 58.6 Å².